The van der Waals surface area contributed by atoms with Crippen LogP contribution in [0.3, 0.4) is 0 Å². The Hall–Kier alpha value is -2.72. The van der Waals surface area contributed by atoms with Gasteiger partial charge in [-0.15, -0.1) is 0 Å². The van der Waals surface area contributed by atoms with Crippen molar-refractivity contribution < 1.29 is 9.59 Å². The molecule has 1 heterocycles. The van der Waals surface area contributed by atoms with Crippen molar-refractivity contribution in [2.45, 2.75) is 25.8 Å². The number of ketones is 1. The van der Waals surface area contributed by atoms with Crippen molar-refractivity contribution >= 4 is 23.7 Å². The second-order valence-electron chi connectivity index (χ2n) is 6.03. The summed E-state index contributed by atoms with van der Waals surface area (Å²) in [4.78, 5) is 27.4. The molecule has 0 atom stereocenters. The maximum atomic E-state index is 12.7. The highest BCUT2D eigenvalue weighted by molar-refractivity contribution is 6.34. The number of aryl methyl sites for hydroxylation is 3. The average Bonchev–Trinajstić information content (AvgIpc) is 3.14. The Kier molecular flexibility index (Phi) is 5.97. The van der Waals surface area contributed by atoms with Crippen molar-refractivity contribution in [2.75, 3.05) is 0 Å². The van der Waals surface area contributed by atoms with Crippen LogP contribution in [0.1, 0.15) is 33.7 Å². The maximum Gasteiger partial charge on any atom is 0.229 e. The smallest absolute Gasteiger partial charge is 0.229 e. The Labute approximate surface area is 157 Å². The van der Waals surface area contributed by atoms with Crippen LogP contribution in [0.4, 0.5) is 0 Å². The quantitative estimate of drug-likeness (QED) is 0.444. The Morgan fingerprint density at radius 3 is 2.42 bits per heavy atom. The minimum atomic E-state index is -0.176. The van der Waals surface area contributed by atoms with Crippen molar-refractivity contribution in [1.29, 1.82) is 0 Å². The van der Waals surface area contributed by atoms with Crippen molar-refractivity contribution in [3.05, 3.63) is 88.5 Å². The highest BCUT2D eigenvalue weighted by atomic mass is 35.5. The van der Waals surface area contributed by atoms with Crippen molar-refractivity contribution in [3.8, 4) is 0 Å². The first kappa shape index (κ1) is 18.1. The third-order valence-electron chi connectivity index (χ3n) is 4.25. The molecule has 0 radical (unpaired) electrons. The lowest BCUT2D eigenvalue weighted by atomic mass is 10.1. The third-order valence-corrected chi connectivity index (χ3v) is 4.58. The number of carbonyl (C=O) groups excluding carboxylic acids is 2. The van der Waals surface area contributed by atoms with Crippen LogP contribution in [-0.2, 0) is 24.2 Å². The lowest BCUT2D eigenvalue weighted by Gasteiger charge is -2.09. The van der Waals surface area contributed by atoms with Gasteiger partial charge in [-0.25, -0.2) is 4.98 Å². The van der Waals surface area contributed by atoms with Gasteiger partial charge in [-0.2, -0.15) is 0 Å². The summed E-state index contributed by atoms with van der Waals surface area (Å²) < 4.78 is 1.85. The molecule has 0 unspecified atom stereocenters. The first-order valence-electron chi connectivity index (χ1n) is 8.51. The van der Waals surface area contributed by atoms with Crippen LogP contribution in [0.25, 0.3) is 0 Å². The fraction of sp³-hybridized carbons (Fsp3) is 0.190. The molecule has 3 rings (SSSR count). The van der Waals surface area contributed by atoms with Gasteiger partial charge in [-0.05, 0) is 36.1 Å². The summed E-state index contributed by atoms with van der Waals surface area (Å²) in [6.45, 7) is 0.652. The molecule has 4 nitrogen and oxygen atoms in total. The molecule has 5 heteroatoms. The van der Waals surface area contributed by atoms with Gasteiger partial charge in [-0.3, -0.25) is 4.79 Å². The van der Waals surface area contributed by atoms with Gasteiger partial charge in [0, 0.05) is 30.9 Å². The molecule has 26 heavy (non-hydrogen) atoms. The van der Waals surface area contributed by atoms with E-state index in [0.717, 1.165) is 24.7 Å². The van der Waals surface area contributed by atoms with Crippen LogP contribution >= 0.6 is 11.6 Å². The molecule has 0 bridgehead atoms. The number of benzene rings is 2. The van der Waals surface area contributed by atoms with Crippen LogP contribution in [0.5, 0.6) is 0 Å². The molecule has 0 aliphatic rings. The molecule has 0 spiro atoms. The van der Waals surface area contributed by atoms with Gasteiger partial charge in [0.05, 0.1) is 5.02 Å². The zero-order valence-corrected chi connectivity index (χ0v) is 15.0. The minimum Gasteiger partial charge on any atom is -0.328 e. The fourth-order valence-electron chi connectivity index (χ4n) is 2.81. The Morgan fingerprint density at radius 2 is 1.73 bits per heavy atom. The first-order chi connectivity index (χ1) is 12.7. The van der Waals surface area contributed by atoms with E-state index in [2.05, 4.69) is 17.1 Å². The normalized spacial score (nSPS) is 10.7. The van der Waals surface area contributed by atoms with Gasteiger partial charge in [0.2, 0.25) is 5.78 Å². The van der Waals surface area contributed by atoms with Gasteiger partial charge in [0.1, 0.15) is 6.29 Å². The molecule has 2 aromatic carbocycles. The van der Waals surface area contributed by atoms with Crippen LogP contribution in [-0.4, -0.2) is 21.6 Å². The molecular weight excluding hydrogens is 348 g/mol. The van der Waals surface area contributed by atoms with E-state index in [1.165, 1.54) is 5.56 Å². The number of rotatable bonds is 8. The summed E-state index contributed by atoms with van der Waals surface area (Å²) in [5.41, 5.74) is 2.78. The van der Waals surface area contributed by atoms with E-state index in [0.29, 0.717) is 29.4 Å². The van der Waals surface area contributed by atoms with E-state index in [9.17, 15) is 9.59 Å². The Balaban J connectivity index is 1.68. The molecule has 0 aliphatic carbocycles. The highest BCUT2D eigenvalue weighted by Crippen LogP contribution is 2.18. The predicted octanol–water partition coefficient (Wildman–Crippen LogP) is 4.14. The lowest BCUT2D eigenvalue weighted by Crippen LogP contribution is -2.13. The summed E-state index contributed by atoms with van der Waals surface area (Å²) in [5, 5.41) is 0.429. The average molecular weight is 367 g/mol. The van der Waals surface area contributed by atoms with Crippen LogP contribution in [0.15, 0.2) is 60.9 Å². The summed E-state index contributed by atoms with van der Waals surface area (Å²) in [6, 6.07) is 15.2. The second kappa shape index (κ2) is 8.59. The second-order valence-corrected chi connectivity index (χ2v) is 6.43. The van der Waals surface area contributed by atoms with Crippen LogP contribution in [0.2, 0.25) is 5.02 Å². The summed E-state index contributed by atoms with van der Waals surface area (Å²) in [7, 11) is 0. The van der Waals surface area contributed by atoms with E-state index in [-0.39, 0.29) is 5.78 Å². The SMILES string of the molecule is O=CCCc1ccc(CCn2ccnc2C(=O)c2ccccc2Cl)cc1. The van der Waals surface area contributed by atoms with Crippen LogP contribution in [0, 0.1) is 0 Å². The van der Waals surface area contributed by atoms with Crippen molar-refractivity contribution in [2.24, 2.45) is 0 Å². The maximum absolute atomic E-state index is 12.7. The molecule has 3 aromatic rings. The molecule has 0 fully saturated rings. The first-order valence-corrected chi connectivity index (χ1v) is 8.88. The standard InChI is InChI=1S/C21H19ClN2O2/c22-19-6-2-1-5-18(19)20(26)21-23-12-14-24(21)13-11-17-9-7-16(8-10-17)4-3-15-25/h1-2,5-10,12,14-15H,3-4,11,13H2. The van der Waals surface area contributed by atoms with Gasteiger partial charge >= 0.3 is 0 Å². The summed E-state index contributed by atoms with van der Waals surface area (Å²) >= 11 is 6.13. The number of imidazole rings is 1. The van der Waals surface area contributed by atoms with E-state index in [1.807, 2.05) is 22.9 Å². The molecule has 0 aliphatic heterocycles. The van der Waals surface area contributed by atoms with E-state index in [4.69, 9.17) is 11.6 Å². The molecule has 0 N–H and O–H groups in total. The highest BCUT2D eigenvalue weighted by Gasteiger charge is 2.17. The predicted molar refractivity (Wildman–Crippen MR) is 102 cm³/mol. The molecular formula is C21H19ClN2O2. The number of aromatic nitrogens is 2. The number of nitrogens with zero attached hydrogens (tertiary/aromatic N) is 2. The zero-order valence-electron chi connectivity index (χ0n) is 14.3. The van der Waals surface area contributed by atoms with Gasteiger partial charge in [0.25, 0.3) is 0 Å². The lowest BCUT2D eigenvalue weighted by molar-refractivity contribution is -0.107. The van der Waals surface area contributed by atoms with Crippen molar-refractivity contribution in [3.63, 3.8) is 0 Å². The molecule has 0 saturated heterocycles. The monoisotopic (exact) mass is 366 g/mol. The zero-order chi connectivity index (χ0) is 18.4. The molecule has 0 saturated carbocycles. The molecule has 132 valence electrons. The Morgan fingerprint density at radius 1 is 1.04 bits per heavy atom. The molecule has 1 aromatic heterocycles. The van der Waals surface area contributed by atoms with Gasteiger partial charge in [-0.1, -0.05) is 48.0 Å². The molecule has 0 amide bonds. The van der Waals surface area contributed by atoms with Crippen molar-refractivity contribution in [1.82, 2.24) is 9.55 Å². The number of hydrogen-bond acceptors (Lipinski definition) is 3. The number of aldehydes is 1. The van der Waals surface area contributed by atoms with E-state index < -0.39 is 0 Å². The fourth-order valence-corrected chi connectivity index (χ4v) is 3.03. The van der Waals surface area contributed by atoms with Gasteiger partial charge < -0.3 is 9.36 Å². The van der Waals surface area contributed by atoms with Gasteiger partial charge in [0.15, 0.2) is 5.82 Å². The number of hydrogen-bond donors (Lipinski definition) is 0. The van der Waals surface area contributed by atoms with Crippen LogP contribution < -0.4 is 0 Å². The summed E-state index contributed by atoms with van der Waals surface area (Å²) in [6.07, 6.45) is 6.47. The minimum absolute atomic E-state index is 0.176. The number of carbonyl (C=O) groups is 2. The Bertz CT molecular complexity index is 900. The van der Waals surface area contributed by atoms with E-state index in [1.54, 1.807) is 30.5 Å². The van der Waals surface area contributed by atoms with E-state index >= 15 is 0 Å². The largest absolute Gasteiger partial charge is 0.328 e. The third kappa shape index (κ3) is 4.27. The number of halogens is 1. The topological polar surface area (TPSA) is 52.0 Å². The summed E-state index contributed by atoms with van der Waals surface area (Å²) in [5.74, 6) is 0.213.